The van der Waals surface area contributed by atoms with E-state index < -0.39 is 30.1 Å². The van der Waals surface area contributed by atoms with Crippen molar-refractivity contribution in [1.29, 1.82) is 0 Å². The minimum Gasteiger partial charge on any atom is -0.435 e. The van der Waals surface area contributed by atoms with Gasteiger partial charge >= 0.3 is 0 Å². The standard InChI is InChI=1S/C12H26O3Si4/c1-16(2,13)19(17(3,4)14,18(5,6)15)12-10-8-7-9-11-12/h7-11,13-15H,1-6H3. The van der Waals surface area contributed by atoms with Gasteiger partial charge in [0.1, 0.15) is 0 Å². The van der Waals surface area contributed by atoms with Crippen molar-refractivity contribution in [2.75, 3.05) is 0 Å². The first kappa shape index (κ1) is 17.0. The van der Waals surface area contributed by atoms with Crippen molar-refractivity contribution in [3.05, 3.63) is 30.3 Å². The Morgan fingerprint density at radius 2 is 0.947 bits per heavy atom. The molecular formula is C12H26O3Si4. The zero-order valence-corrected chi connectivity index (χ0v) is 16.7. The summed E-state index contributed by atoms with van der Waals surface area (Å²) in [5.41, 5.74) is 0. The van der Waals surface area contributed by atoms with Crippen molar-refractivity contribution < 1.29 is 14.4 Å². The Labute approximate surface area is 119 Å². The van der Waals surface area contributed by atoms with Crippen LogP contribution in [0.5, 0.6) is 0 Å². The van der Waals surface area contributed by atoms with Crippen molar-refractivity contribution in [2.45, 2.75) is 39.3 Å². The van der Waals surface area contributed by atoms with Crippen LogP contribution in [0.4, 0.5) is 0 Å². The summed E-state index contributed by atoms with van der Waals surface area (Å²) in [7, 11) is -8.06. The van der Waals surface area contributed by atoms with Crippen LogP contribution in [0.15, 0.2) is 30.3 Å². The molecule has 0 aliphatic heterocycles. The van der Waals surface area contributed by atoms with Crippen LogP contribution in [0.3, 0.4) is 0 Å². The van der Waals surface area contributed by atoms with Crippen LogP contribution in [-0.2, 0) is 0 Å². The highest BCUT2D eigenvalue weighted by molar-refractivity contribution is 7.90. The maximum absolute atomic E-state index is 11.0. The maximum Gasteiger partial charge on any atom is 0.175 e. The van der Waals surface area contributed by atoms with E-state index in [1.807, 2.05) is 69.6 Å². The van der Waals surface area contributed by atoms with Crippen molar-refractivity contribution in [1.82, 2.24) is 0 Å². The second-order valence-electron chi connectivity index (χ2n) is 6.79. The average Bonchev–Trinajstić information content (AvgIpc) is 2.12. The number of hydrogen-bond donors (Lipinski definition) is 3. The van der Waals surface area contributed by atoms with Crippen molar-refractivity contribution >= 4 is 35.3 Å². The summed E-state index contributed by atoms with van der Waals surface area (Å²) in [5.74, 6) is 0. The van der Waals surface area contributed by atoms with Crippen LogP contribution in [0.1, 0.15) is 0 Å². The summed E-state index contributed by atoms with van der Waals surface area (Å²) < 4.78 is 0. The molecule has 0 unspecified atom stereocenters. The third-order valence-electron chi connectivity index (χ3n) is 3.96. The lowest BCUT2D eigenvalue weighted by atomic mass is 10.4. The molecule has 1 rings (SSSR count). The number of benzene rings is 1. The summed E-state index contributed by atoms with van der Waals surface area (Å²) >= 11 is 0. The number of rotatable bonds is 4. The number of hydrogen-bond acceptors (Lipinski definition) is 3. The quantitative estimate of drug-likeness (QED) is 0.726. The summed E-state index contributed by atoms with van der Waals surface area (Å²) in [6, 6.07) is 9.81. The molecule has 19 heavy (non-hydrogen) atoms. The first-order valence-electron chi connectivity index (χ1n) is 6.58. The highest BCUT2D eigenvalue weighted by Gasteiger charge is 2.69. The van der Waals surface area contributed by atoms with E-state index in [4.69, 9.17) is 0 Å². The van der Waals surface area contributed by atoms with Crippen LogP contribution >= 0.6 is 0 Å². The summed E-state index contributed by atoms with van der Waals surface area (Å²) in [4.78, 5) is 33.0. The Bertz CT molecular complexity index is 393. The Kier molecular flexibility index (Phi) is 4.53. The van der Waals surface area contributed by atoms with Gasteiger partial charge in [0.25, 0.3) is 0 Å². The van der Waals surface area contributed by atoms with Gasteiger partial charge in [-0.2, -0.15) is 0 Å². The molecule has 7 heteroatoms. The Hall–Kier alpha value is -0.0325. The van der Waals surface area contributed by atoms with E-state index in [1.165, 1.54) is 0 Å². The van der Waals surface area contributed by atoms with Gasteiger partial charge in [0.05, 0.1) is 0 Å². The van der Waals surface area contributed by atoms with E-state index in [2.05, 4.69) is 0 Å². The molecule has 0 aromatic heterocycles. The normalized spacial score (nSPS) is 14.6. The van der Waals surface area contributed by atoms with Gasteiger partial charge in [-0.1, -0.05) is 35.5 Å². The highest BCUT2D eigenvalue weighted by atomic mass is 29.9. The van der Waals surface area contributed by atoms with Crippen LogP contribution in [-0.4, -0.2) is 44.5 Å². The highest BCUT2D eigenvalue weighted by Crippen LogP contribution is 2.32. The second kappa shape index (κ2) is 5.06. The molecule has 1 aromatic carbocycles. The molecule has 0 heterocycles. The minimum absolute atomic E-state index is 1.03. The molecule has 3 N–H and O–H groups in total. The van der Waals surface area contributed by atoms with Gasteiger partial charge < -0.3 is 14.4 Å². The lowest BCUT2D eigenvalue weighted by Gasteiger charge is -2.52. The largest absolute Gasteiger partial charge is 0.435 e. The van der Waals surface area contributed by atoms with Crippen LogP contribution in [0, 0.1) is 0 Å². The third kappa shape index (κ3) is 2.73. The van der Waals surface area contributed by atoms with Gasteiger partial charge in [-0.05, 0) is 39.3 Å². The Balaban J connectivity index is 3.76. The fourth-order valence-electron chi connectivity index (χ4n) is 3.99. The molecular weight excluding hydrogens is 304 g/mol. The molecule has 0 aliphatic carbocycles. The molecule has 0 atom stereocenters. The van der Waals surface area contributed by atoms with E-state index in [9.17, 15) is 14.4 Å². The van der Waals surface area contributed by atoms with Crippen molar-refractivity contribution in [3.8, 4) is 0 Å². The Morgan fingerprint density at radius 1 is 0.632 bits per heavy atom. The van der Waals surface area contributed by atoms with E-state index >= 15 is 0 Å². The lowest BCUT2D eigenvalue weighted by Crippen LogP contribution is -2.90. The maximum atomic E-state index is 11.0. The molecule has 0 saturated carbocycles. The molecule has 0 saturated heterocycles. The second-order valence-corrected chi connectivity index (χ2v) is 40.5. The van der Waals surface area contributed by atoms with Crippen LogP contribution < -0.4 is 5.19 Å². The molecule has 0 fully saturated rings. The Morgan fingerprint density at radius 3 is 1.21 bits per heavy atom. The van der Waals surface area contributed by atoms with Crippen LogP contribution in [0.25, 0.3) is 0 Å². The van der Waals surface area contributed by atoms with Crippen LogP contribution in [0.2, 0.25) is 39.3 Å². The molecule has 0 aliphatic rings. The van der Waals surface area contributed by atoms with E-state index in [-0.39, 0.29) is 0 Å². The smallest absolute Gasteiger partial charge is 0.175 e. The average molecular weight is 331 g/mol. The lowest BCUT2D eigenvalue weighted by molar-refractivity contribution is 0.553. The van der Waals surface area contributed by atoms with E-state index in [0.29, 0.717) is 0 Å². The molecule has 0 spiro atoms. The van der Waals surface area contributed by atoms with Gasteiger partial charge in [-0.3, -0.25) is 0 Å². The van der Waals surface area contributed by atoms with Gasteiger partial charge in [-0.25, -0.2) is 0 Å². The van der Waals surface area contributed by atoms with E-state index in [0.717, 1.165) is 5.19 Å². The molecule has 1 aromatic rings. The summed E-state index contributed by atoms with van der Waals surface area (Å²) in [6.07, 6.45) is 0. The summed E-state index contributed by atoms with van der Waals surface area (Å²) in [5, 5.41) is 1.03. The van der Waals surface area contributed by atoms with Crippen molar-refractivity contribution in [3.63, 3.8) is 0 Å². The van der Waals surface area contributed by atoms with Gasteiger partial charge in [0.15, 0.2) is 30.1 Å². The zero-order valence-electron chi connectivity index (χ0n) is 12.7. The fourth-order valence-corrected chi connectivity index (χ4v) is 73.1. The fraction of sp³-hybridized carbons (Fsp3) is 0.500. The topological polar surface area (TPSA) is 60.7 Å². The molecule has 0 bridgehead atoms. The molecule has 108 valence electrons. The monoisotopic (exact) mass is 330 g/mol. The molecule has 0 radical (unpaired) electrons. The predicted molar refractivity (Wildman–Crippen MR) is 90.9 cm³/mol. The van der Waals surface area contributed by atoms with Gasteiger partial charge in [0, 0.05) is 0 Å². The summed E-state index contributed by atoms with van der Waals surface area (Å²) in [6.45, 7) is 8.65. The molecule has 3 nitrogen and oxygen atoms in total. The predicted octanol–water partition coefficient (Wildman–Crippen LogP) is 1.17. The first-order valence-corrected chi connectivity index (χ1v) is 20.4. The zero-order chi connectivity index (χ0) is 15.1. The van der Waals surface area contributed by atoms with Crippen molar-refractivity contribution in [2.24, 2.45) is 0 Å². The van der Waals surface area contributed by atoms with Gasteiger partial charge in [-0.15, -0.1) is 0 Å². The third-order valence-corrected chi connectivity index (χ3v) is 62.8. The van der Waals surface area contributed by atoms with E-state index in [1.54, 1.807) is 0 Å². The molecule has 0 amide bonds. The minimum atomic E-state index is -2.69. The first-order chi connectivity index (χ1) is 8.36. The SMILES string of the molecule is C[Si](C)(O)[Si](c1ccccc1)([Si](C)(C)O)[Si](C)(C)O. The van der Waals surface area contributed by atoms with Gasteiger partial charge in [0.2, 0.25) is 0 Å².